The van der Waals surface area contributed by atoms with Crippen LogP contribution in [0.4, 0.5) is 0 Å². The number of aliphatic hydroxyl groups excluding tert-OH is 1. The maximum Gasteiger partial charge on any atom is 0.119 e. The van der Waals surface area contributed by atoms with E-state index in [1.165, 1.54) is 5.56 Å². The lowest BCUT2D eigenvalue weighted by Crippen LogP contribution is -2.23. The van der Waals surface area contributed by atoms with Gasteiger partial charge in [0.1, 0.15) is 5.75 Å². The number of rotatable bonds is 7. The van der Waals surface area contributed by atoms with Crippen molar-refractivity contribution in [3.63, 3.8) is 0 Å². The first kappa shape index (κ1) is 15.3. The van der Waals surface area contributed by atoms with Crippen molar-refractivity contribution in [2.24, 2.45) is 11.7 Å². The zero-order valence-electron chi connectivity index (χ0n) is 11.3. The van der Waals surface area contributed by atoms with Crippen LogP contribution in [0.25, 0.3) is 0 Å². The van der Waals surface area contributed by atoms with E-state index in [4.69, 9.17) is 15.6 Å². The number of ether oxygens (including phenoxy) is 1. The van der Waals surface area contributed by atoms with Crippen molar-refractivity contribution in [1.82, 2.24) is 0 Å². The molecule has 0 fully saturated rings. The molecule has 0 aliphatic carbocycles. The summed E-state index contributed by atoms with van der Waals surface area (Å²) in [6.07, 6.45) is 0. The van der Waals surface area contributed by atoms with E-state index in [9.17, 15) is 0 Å². The molecule has 0 amide bonds. The molecule has 1 aromatic carbocycles. The average molecular weight is 269 g/mol. The SMILES string of the molecule is COc1cccc(C(SCC(C)CO)C(C)N)c1. The average Bonchev–Trinajstić information content (AvgIpc) is 2.38. The smallest absolute Gasteiger partial charge is 0.119 e. The molecule has 1 aromatic rings. The molecule has 3 nitrogen and oxygen atoms in total. The standard InChI is InChI=1S/C14H23NO2S/c1-10(8-16)9-18-14(11(2)15)12-5-4-6-13(7-12)17-3/h4-7,10-11,14,16H,8-9,15H2,1-3H3. The largest absolute Gasteiger partial charge is 0.497 e. The van der Waals surface area contributed by atoms with Gasteiger partial charge in [0.2, 0.25) is 0 Å². The summed E-state index contributed by atoms with van der Waals surface area (Å²) < 4.78 is 5.24. The molecule has 0 radical (unpaired) electrons. The predicted molar refractivity (Wildman–Crippen MR) is 78.1 cm³/mol. The summed E-state index contributed by atoms with van der Waals surface area (Å²) in [6.45, 7) is 4.27. The minimum Gasteiger partial charge on any atom is -0.497 e. The van der Waals surface area contributed by atoms with Crippen molar-refractivity contribution in [2.45, 2.75) is 25.1 Å². The first-order valence-electron chi connectivity index (χ1n) is 6.20. The highest BCUT2D eigenvalue weighted by atomic mass is 32.2. The van der Waals surface area contributed by atoms with E-state index in [1.807, 2.05) is 32.0 Å². The highest BCUT2D eigenvalue weighted by Crippen LogP contribution is 2.34. The van der Waals surface area contributed by atoms with E-state index >= 15 is 0 Å². The minimum absolute atomic E-state index is 0.0630. The van der Waals surface area contributed by atoms with E-state index in [1.54, 1.807) is 18.9 Å². The van der Waals surface area contributed by atoms with E-state index < -0.39 is 0 Å². The summed E-state index contributed by atoms with van der Waals surface area (Å²) in [4.78, 5) is 0. The number of methoxy groups -OCH3 is 1. The van der Waals surface area contributed by atoms with E-state index in [2.05, 4.69) is 6.07 Å². The molecule has 0 aliphatic rings. The van der Waals surface area contributed by atoms with Crippen molar-refractivity contribution >= 4 is 11.8 Å². The lowest BCUT2D eigenvalue weighted by Gasteiger charge is -2.22. The van der Waals surface area contributed by atoms with Crippen molar-refractivity contribution in [1.29, 1.82) is 0 Å². The lowest BCUT2D eigenvalue weighted by molar-refractivity contribution is 0.250. The third-order valence-electron chi connectivity index (χ3n) is 2.77. The second-order valence-electron chi connectivity index (χ2n) is 4.68. The van der Waals surface area contributed by atoms with Crippen LogP contribution in [0.1, 0.15) is 24.7 Å². The molecule has 0 heterocycles. The summed E-state index contributed by atoms with van der Waals surface area (Å²) in [6, 6.07) is 8.09. The molecule has 1 rings (SSSR count). The first-order valence-corrected chi connectivity index (χ1v) is 7.25. The zero-order valence-corrected chi connectivity index (χ0v) is 12.1. The monoisotopic (exact) mass is 269 g/mol. The second-order valence-corrected chi connectivity index (χ2v) is 5.85. The maximum atomic E-state index is 9.07. The van der Waals surface area contributed by atoms with Crippen LogP contribution < -0.4 is 10.5 Å². The summed E-state index contributed by atoms with van der Waals surface area (Å²) in [5.74, 6) is 2.05. The van der Waals surface area contributed by atoms with Gasteiger partial charge >= 0.3 is 0 Å². The second kappa shape index (κ2) is 7.67. The van der Waals surface area contributed by atoms with Gasteiger partial charge < -0.3 is 15.6 Å². The third kappa shape index (κ3) is 4.52. The van der Waals surface area contributed by atoms with Gasteiger partial charge in [-0.25, -0.2) is 0 Å². The van der Waals surface area contributed by atoms with Crippen molar-refractivity contribution in [3.8, 4) is 5.75 Å². The number of hydrogen-bond donors (Lipinski definition) is 2. The van der Waals surface area contributed by atoms with E-state index in [0.717, 1.165) is 11.5 Å². The van der Waals surface area contributed by atoms with Crippen LogP contribution in [0, 0.1) is 5.92 Å². The van der Waals surface area contributed by atoms with Gasteiger partial charge in [0.25, 0.3) is 0 Å². The van der Waals surface area contributed by atoms with Crippen LogP contribution in [-0.2, 0) is 0 Å². The Bertz CT molecular complexity index is 357. The Morgan fingerprint density at radius 2 is 2.11 bits per heavy atom. The Labute approximate surface area is 114 Å². The topological polar surface area (TPSA) is 55.5 Å². The molecule has 3 N–H and O–H groups in total. The third-order valence-corrected chi connectivity index (χ3v) is 4.59. The summed E-state index contributed by atoms with van der Waals surface area (Å²) >= 11 is 1.79. The fourth-order valence-corrected chi connectivity index (χ4v) is 2.97. The van der Waals surface area contributed by atoms with Gasteiger partial charge in [0.05, 0.1) is 7.11 Å². The van der Waals surface area contributed by atoms with Gasteiger partial charge in [0, 0.05) is 17.9 Å². The van der Waals surface area contributed by atoms with Gasteiger partial charge in [0.15, 0.2) is 0 Å². The minimum atomic E-state index is 0.0630. The first-order chi connectivity index (χ1) is 8.58. The molecule has 0 spiro atoms. The Hall–Kier alpha value is -0.710. The number of benzene rings is 1. The van der Waals surface area contributed by atoms with Crippen LogP contribution in [0.5, 0.6) is 5.75 Å². The molecular formula is C14H23NO2S. The molecular weight excluding hydrogens is 246 g/mol. The fourth-order valence-electron chi connectivity index (χ4n) is 1.69. The molecule has 3 atom stereocenters. The van der Waals surface area contributed by atoms with E-state index in [0.29, 0.717) is 5.92 Å². The highest BCUT2D eigenvalue weighted by Gasteiger charge is 2.18. The Kier molecular flexibility index (Phi) is 6.54. The molecule has 0 aliphatic heterocycles. The molecule has 0 saturated heterocycles. The molecule has 0 bridgehead atoms. The summed E-state index contributed by atoms with van der Waals surface area (Å²) in [5.41, 5.74) is 7.24. The van der Waals surface area contributed by atoms with Crippen molar-refractivity contribution < 1.29 is 9.84 Å². The quantitative estimate of drug-likeness (QED) is 0.798. The molecule has 4 heteroatoms. The van der Waals surface area contributed by atoms with Gasteiger partial charge in [-0.05, 0) is 36.3 Å². The zero-order chi connectivity index (χ0) is 13.5. The number of hydrogen-bond acceptors (Lipinski definition) is 4. The van der Waals surface area contributed by atoms with Gasteiger partial charge in [-0.3, -0.25) is 0 Å². The normalized spacial score (nSPS) is 16.1. The van der Waals surface area contributed by atoms with E-state index in [-0.39, 0.29) is 17.9 Å². The van der Waals surface area contributed by atoms with Crippen LogP contribution in [-0.4, -0.2) is 30.6 Å². The molecule has 18 heavy (non-hydrogen) atoms. The van der Waals surface area contributed by atoms with Crippen molar-refractivity contribution in [2.75, 3.05) is 19.5 Å². The van der Waals surface area contributed by atoms with Gasteiger partial charge in [-0.15, -0.1) is 0 Å². The summed E-state index contributed by atoms with van der Waals surface area (Å²) in [7, 11) is 1.67. The highest BCUT2D eigenvalue weighted by molar-refractivity contribution is 7.99. The molecule has 102 valence electrons. The maximum absolute atomic E-state index is 9.07. The lowest BCUT2D eigenvalue weighted by atomic mass is 10.1. The van der Waals surface area contributed by atoms with Crippen LogP contribution in [0.15, 0.2) is 24.3 Å². The fraction of sp³-hybridized carbons (Fsp3) is 0.571. The number of thioether (sulfide) groups is 1. The Morgan fingerprint density at radius 1 is 1.39 bits per heavy atom. The van der Waals surface area contributed by atoms with Crippen LogP contribution in [0.2, 0.25) is 0 Å². The molecule has 0 saturated carbocycles. The van der Waals surface area contributed by atoms with Crippen LogP contribution >= 0.6 is 11.8 Å². The summed E-state index contributed by atoms with van der Waals surface area (Å²) in [5, 5.41) is 9.31. The molecule has 3 unspecified atom stereocenters. The van der Waals surface area contributed by atoms with Gasteiger partial charge in [-0.2, -0.15) is 11.8 Å². The molecule has 0 aromatic heterocycles. The number of nitrogens with two attached hydrogens (primary N) is 1. The Balaban J connectivity index is 2.77. The Morgan fingerprint density at radius 3 is 2.67 bits per heavy atom. The van der Waals surface area contributed by atoms with Crippen LogP contribution in [0.3, 0.4) is 0 Å². The predicted octanol–water partition coefficient (Wildman–Crippen LogP) is 2.45. The number of aliphatic hydroxyl groups is 1. The van der Waals surface area contributed by atoms with Gasteiger partial charge in [-0.1, -0.05) is 19.1 Å². The van der Waals surface area contributed by atoms with Crippen molar-refractivity contribution in [3.05, 3.63) is 29.8 Å².